The Hall–Kier alpha value is -1.18. The molecule has 0 saturated carbocycles. The molecular weight excluding hydrogens is 260 g/mol. The van der Waals surface area contributed by atoms with Crippen LogP contribution in [-0.4, -0.2) is 54.8 Å². The van der Waals surface area contributed by atoms with Crippen LogP contribution < -0.4 is 10.00 Å². The van der Waals surface area contributed by atoms with Crippen molar-refractivity contribution in [2.45, 2.75) is 6.54 Å². The lowest BCUT2D eigenvalue weighted by atomic mass is 10.4. The molecule has 8 heteroatoms. The second kappa shape index (κ2) is 6.67. The van der Waals surface area contributed by atoms with Crippen LogP contribution in [0.25, 0.3) is 0 Å². The normalized spacial score (nSPS) is 16.7. The molecule has 2 heterocycles. The Kier molecular flexibility index (Phi) is 4.91. The van der Waals surface area contributed by atoms with Crippen LogP contribution in [0.4, 0.5) is 5.88 Å². The molecule has 18 heavy (non-hydrogen) atoms. The van der Waals surface area contributed by atoms with Gasteiger partial charge in [-0.3, -0.25) is 19.5 Å². The molecule has 1 aliphatic rings. The first-order valence-electron chi connectivity index (χ1n) is 5.80. The molecule has 1 amide bonds. The molecule has 0 spiro atoms. The van der Waals surface area contributed by atoms with Crippen molar-refractivity contribution in [3.8, 4) is 0 Å². The summed E-state index contributed by atoms with van der Waals surface area (Å²) in [6.45, 7) is 5.02. The maximum atomic E-state index is 11.0. The first kappa shape index (κ1) is 13.3. The van der Waals surface area contributed by atoms with Gasteiger partial charge < -0.3 is 4.74 Å². The lowest BCUT2D eigenvalue weighted by Gasteiger charge is -2.24. The van der Waals surface area contributed by atoms with Crippen LogP contribution in [0.3, 0.4) is 0 Å². The Morgan fingerprint density at radius 1 is 1.56 bits per heavy atom. The van der Waals surface area contributed by atoms with E-state index in [9.17, 15) is 4.79 Å². The highest BCUT2D eigenvalue weighted by molar-refractivity contribution is 6.28. The fourth-order valence-electron chi connectivity index (χ4n) is 1.68. The summed E-state index contributed by atoms with van der Waals surface area (Å²) in [5.74, 6) is -0.107. The smallest absolute Gasteiger partial charge is 0.302 e. The largest absolute Gasteiger partial charge is 0.379 e. The number of amides is 1. The minimum absolute atomic E-state index is 0.103. The zero-order valence-corrected chi connectivity index (χ0v) is 10.7. The van der Waals surface area contributed by atoms with E-state index >= 15 is 0 Å². The summed E-state index contributed by atoms with van der Waals surface area (Å²) in [6, 6.07) is 0. The molecular formula is C10H16ClN4O3+. The Balaban J connectivity index is 1.77. The molecule has 1 aromatic heterocycles. The third-order valence-corrected chi connectivity index (χ3v) is 2.89. The Morgan fingerprint density at radius 2 is 2.33 bits per heavy atom. The van der Waals surface area contributed by atoms with E-state index in [1.807, 2.05) is 0 Å². The molecule has 0 radical (unpaired) electrons. The number of nitrogens with zero attached hydrogens (tertiary/aromatic N) is 3. The number of nitrogens with one attached hydrogen (secondary N) is 1. The number of alkyl halides is 1. The molecule has 0 aliphatic carbocycles. The van der Waals surface area contributed by atoms with E-state index < -0.39 is 0 Å². The molecule has 100 valence electrons. The second-order valence-electron chi connectivity index (χ2n) is 3.97. The molecule has 1 fully saturated rings. The monoisotopic (exact) mass is 275 g/mol. The van der Waals surface area contributed by atoms with Crippen molar-refractivity contribution in [1.82, 2.24) is 10.2 Å². The molecule has 1 aromatic rings. The SMILES string of the molecule is O=C(CCl)Nc1c[n+](CCN2CCOCC2)no1. The first-order chi connectivity index (χ1) is 8.78. The highest BCUT2D eigenvalue weighted by Gasteiger charge is 2.16. The number of carbonyl (C=O) groups is 1. The van der Waals surface area contributed by atoms with Crippen LogP contribution in [0.15, 0.2) is 10.7 Å². The summed E-state index contributed by atoms with van der Waals surface area (Å²) in [6.07, 6.45) is 1.64. The van der Waals surface area contributed by atoms with Crippen molar-refractivity contribution in [3.63, 3.8) is 0 Å². The number of anilines is 1. The van der Waals surface area contributed by atoms with E-state index in [2.05, 4.69) is 15.5 Å². The number of carbonyl (C=O) groups excluding carboxylic acids is 1. The summed E-state index contributed by atoms with van der Waals surface area (Å²) in [7, 11) is 0. The van der Waals surface area contributed by atoms with Crippen molar-refractivity contribution in [1.29, 1.82) is 0 Å². The van der Waals surface area contributed by atoms with E-state index in [-0.39, 0.29) is 11.8 Å². The van der Waals surface area contributed by atoms with Gasteiger partial charge in [0.2, 0.25) is 11.2 Å². The summed E-state index contributed by atoms with van der Waals surface area (Å²) in [5, 5.41) is 6.31. The predicted molar refractivity (Wildman–Crippen MR) is 63.3 cm³/mol. The second-order valence-corrected chi connectivity index (χ2v) is 4.23. The molecule has 0 atom stereocenters. The minimum Gasteiger partial charge on any atom is -0.379 e. The molecule has 0 unspecified atom stereocenters. The van der Waals surface area contributed by atoms with Gasteiger partial charge in [0.1, 0.15) is 5.88 Å². The van der Waals surface area contributed by atoms with E-state index in [4.69, 9.17) is 20.9 Å². The minimum atomic E-state index is -0.312. The number of ether oxygens (including phenoxy) is 1. The highest BCUT2D eigenvalue weighted by atomic mass is 35.5. The van der Waals surface area contributed by atoms with Crippen LogP contribution in [0.1, 0.15) is 0 Å². The standard InChI is InChI=1S/C10H15ClN4O3/c11-7-9(16)12-10-8-15(13-18-10)2-1-14-3-5-17-6-4-14/h8H,1-7H2/p+1. The van der Waals surface area contributed by atoms with Gasteiger partial charge in [0.15, 0.2) is 6.54 Å². The molecule has 1 N–H and O–H groups in total. The number of morpholine rings is 1. The summed E-state index contributed by atoms with van der Waals surface area (Å²) in [4.78, 5) is 13.3. The van der Waals surface area contributed by atoms with Gasteiger partial charge >= 0.3 is 5.88 Å². The molecule has 1 aliphatic heterocycles. The van der Waals surface area contributed by atoms with Crippen LogP contribution in [0.5, 0.6) is 0 Å². The van der Waals surface area contributed by atoms with Crippen molar-refractivity contribution in [2.24, 2.45) is 0 Å². The molecule has 0 bridgehead atoms. The Labute approximate surface area is 110 Å². The van der Waals surface area contributed by atoms with Gasteiger partial charge in [-0.1, -0.05) is 0 Å². The third-order valence-electron chi connectivity index (χ3n) is 2.64. The number of halogens is 1. The maximum absolute atomic E-state index is 11.0. The average Bonchev–Trinajstić information content (AvgIpc) is 2.85. The number of aromatic nitrogens is 2. The quantitative estimate of drug-likeness (QED) is 0.578. The van der Waals surface area contributed by atoms with Crippen molar-refractivity contribution in [2.75, 3.05) is 44.0 Å². The van der Waals surface area contributed by atoms with Gasteiger partial charge in [0.25, 0.3) is 6.20 Å². The van der Waals surface area contributed by atoms with Gasteiger partial charge in [-0.25, -0.2) is 0 Å². The van der Waals surface area contributed by atoms with E-state index in [1.54, 1.807) is 10.9 Å². The van der Waals surface area contributed by atoms with E-state index in [0.717, 1.165) is 32.8 Å². The summed E-state index contributed by atoms with van der Waals surface area (Å²) < 4.78 is 11.9. The van der Waals surface area contributed by atoms with E-state index in [1.165, 1.54) is 0 Å². The number of hydrogen-bond donors (Lipinski definition) is 1. The Morgan fingerprint density at radius 3 is 3.06 bits per heavy atom. The van der Waals surface area contributed by atoms with E-state index in [0.29, 0.717) is 12.4 Å². The fraction of sp³-hybridized carbons (Fsp3) is 0.700. The summed E-state index contributed by atoms with van der Waals surface area (Å²) >= 11 is 5.37. The van der Waals surface area contributed by atoms with Crippen molar-refractivity contribution in [3.05, 3.63) is 6.20 Å². The maximum Gasteiger partial charge on any atom is 0.302 e. The van der Waals surface area contributed by atoms with Crippen LogP contribution >= 0.6 is 11.6 Å². The predicted octanol–water partition coefficient (Wildman–Crippen LogP) is -0.528. The van der Waals surface area contributed by atoms with Gasteiger partial charge in [-0.05, 0) is 4.68 Å². The average molecular weight is 276 g/mol. The first-order valence-corrected chi connectivity index (χ1v) is 6.34. The molecule has 0 aromatic carbocycles. The molecule has 1 saturated heterocycles. The van der Waals surface area contributed by atoms with Gasteiger partial charge in [-0.2, -0.15) is 0 Å². The lowest BCUT2D eigenvalue weighted by molar-refractivity contribution is -0.761. The zero-order valence-electron chi connectivity index (χ0n) is 9.97. The molecule has 7 nitrogen and oxygen atoms in total. The van der Waals surface area contributed by atoms with Crippen LogP contribution in [-0.2, 0) is 16.1 Å². The van der Waals surface area contributed by atoms with Crippen molar-refractivity contribution < 1.29 is 18.7 Å². The third kappa shape index (κ3) is 3.94. The van der Waals surface area contributed by atoms with Gasteiger partial charge in [0, 0.05) is 13.1 Å². The van der Waals surface area contributed by atoms with Gasteiger partial charge in [-0.15, -0.1) is 11.6 Å². The zero-order chi connectivity index (χ0) is 12.8. The molecule has 2 rings (SSSR count). The number of hydrogen-bond acceptors (Lipinski definition) is 5. The van der Waals surface area contributed by atoms with Crippen LogP contribution in [0, 0.1) is 0 Å². The van der Waals surface area contributed by atoms with Crippen molar-refractivity contribution >= 4 is 23.4 Å². The fourth-order valence-corrected chi connectivity index (χ4v) is 1.75. The van der Waals surface area contributed by atoms with Gasteiger partial charge in [0.05, 0.1) is 19.8 Å². The summed E-state index contributed by atoms with van der Waals surface area (Å²) in [5.41, 5.74) is 0. The topological polar surface area (TPSA) is 71.5 Å². The lowest BCUT2D eigenvalue weighted by Crippen LogP contribution is -2.45. The highest BCUT2D eigenvalue weighted by Crippen LogP contribution is 2.01. The number of rotatable bonds is 5. The Bertz CT molecular complexity index is 392. The van der Waals surface area contributed by atoms with Crippen LogP contribution in [0.2, 0.25) is 0 Å².